The molecule has 2 aromatic rings. The Morgan fingerprint density at radius 1 is 1.04 bits per heavy atom. The van der Waals surface area contributed by atoms with Crippen LogP contribution in [0.1, 0.15) is 55.7 Å². The SMILES string of the molecule is Fc1cnccc1CN1CCC(N2CC3(CCCC3)C2c2ccccc2)CC1. The van der Waals surface area contributed by atoms with Crippen molar-refractivity contribution >= 4 is 0 Å². The molecule has 0 radical (unpaired) electrons. The van der Waals surface area contributed by atoms with Crippen molar-refractivity contribution in [1.29, 1.82) is 0 Å². The monoisotopic (exact) mass is 379 g/mol. The van der Waals surface area contributed by atoms with E-state index in [4.69, 9.17) is 0 Å². The third-order valence-corrected chi connectivity index (χ3v) is 7.40. The molecule has 1 aliphatic carbocycles. The number of benzene rings is 1. The molecule has 3 fully saturated rings. The van der Waals surface area contributed by atoms with E-state index in [1.54, 1.807) is 6.20 Å². The van der Waals surface area contributed by atoms with E-state index in [9.17, 15) is 4.39 Å². The normalized spacial score (nSPS) is 25.8. The summed E-state index contributed by atoms with van der Waals surface area (Å²) in [6, 6.07) is 14.3. The quantitative estimate of drug-likeness (QED) is 0.760. The van der Waals surface area contributed by atoms with Gasteiger partial charge in [-0.25, -0.2) is 4.39 Å². The van der Waals surface area contributed by atoms with Crippen LogP contribution in [0.15, 0.2) is 48.8 Å². The Morgan fingerprint density at radius 2 is 1.79 bits per heavy atom. The topological polar surface area (TPSA) is 19.4 Å². The number of halogens is 1. The summed E-state index contributed by atoms with van der Waals surface area (Å²) in [7, 11) is 0. The first-order valence-electron chi connectivity index (χ1n) is 10.9. The maximum atomic E-state index is 13.9. The lowest BCUT2D eigenvalue weighted by atomic mass is 9.66. The van der Waals surface area contributed by atoms with Crippen molar-refractivity contribution in [3.05, 3.63) is 65.7 Å². The Labute approximate surface area is 167 Å². The fourth-order valence-corrected chi connectivity index (χ4v) is 5.99. The van der Waals surface area contributed by atoms with Gasteiger partial charge in [-0.3, -0.25) is 14.8 Å². The van der Waals surface area contributed by atoms with Gasteiger partial charge >= 0.3 is 0 Å². The smallest absolute Gasteiger partial charge is 0.145 e. The van der Waals surface area contributed by atoms with E-state index < -0.39 is 0 Å². The van der Waals surface area contributed by atoms with E-state index in [1.807, 2.05) is 6.07 Å². The summed E-state index contributed by atoms with van der Waals surface area (Å²) in [5.41, 5.74) is 2.81. The maximum Gasteiger partial charge on any atom is 0.145 e. The molecule has 1 saturated carbocycles. The van der Waals surface area contributed by atoms with Gasteiger partial charge in [0.05, 0.1) is 6.20 Å². The molecule has 1 unspecified atom stereocenters. The van der Waals surface area contributed by atoms with E-state index in [1.165, 1.54) is 56.8 Å². The van der Waals surface area contributed by atoms with Crippen molar-refractivity contribution in [3.8, 4) is 0 Å². The number of likely N-dealkylation sites (tertiary alicyclic amines) is 2. The third-order valence-electron chi connectivity index (χ3n) is 7.40. The van der Waals surface area contributed by atoms with Gasteiger partial charge in [0.25, 0.3) is 0 Å². The minimum atomic E-state index is -0.181. The predicted octanol–water partition coefficient (Wildman–Crippen LogP) is 4.80. The molecule has 0 N–H and O–H groups in total. The van der Waals surface area contributed by atoms with Crippen LogP contribution < -0.4 is 0 Å². The van der Waals surface area contributed by atoms with Gasteiger partial charge in [-0.05, 0) is 50.4 Å². The van der Waals surface area contributed by atoms with Gasteiger partial charge in [0.1, 0.15) is 5.82 Å². The zero-order chi connectivity index (χ0) is 19.0. The van der Waals surface area contributed by atoms with Crippen molar-refractivity contribution in [3.63, 3.8) is 0 Å². The lowest BCUT2D eigenvalue weighted by molar-refractivity contribution is -0.112. The van der Waals surface area contributed by atoms with Crippen molar-refractivity contribution in [1.82, 2.24) is 14.8 Å². The molecule has 0 amide bonds. The zero-order valence-corrected chi connectivity index (χ0v) is 16.6. The average molecular weight is 380 g/mol. The molecule has 5 rings (SSSR count). The predicted molar refractivity (Wildman–Crippen MR) is 109 cm³/mol. The highest BCUT2D eigenvalue weighted by molar-refractivity contribution is 5.27. The molecule has 1 spiro atoms. The molecule has 0 bridgehead atoms. The summed E-state index contributed by atoms with van der Waals surface area (Å²) < 4.78 is 13.9. The van der Waals surface area contributed by atoms with Gasteiger partial charge in [0.2, 0.25) is 0 Å². The number of rotatable bonds is 4. The first kappa shape index (κ1) is 18.3. The van der Waals surface area contributed by atoms with E-state index in [0.717, 1.165) is 18.7 Å². The second-order valence-electron chi connectivity index (χ2n) is 9.03. The second kappa shape index (κ2) is 7.57. The minimum Gasteiger partial charge on any atom is -0.299 e. The summed E-state index contributed by atoms with van der Waals surface area (Å²) in [5.74, 6) is -0.181. The Morgan fingerprint density at radius 3 is 2.50 bits per heavy atom. The Balaban J connectivity index is 1.25. The van der Waals surface area contributed by atoms with Gasteiger partial charge < -0.3 is 0 Å². The molecule has 3 heterocycles. The number of hydrogen-bond donors (Lipinski definition) is 0. The molecule has 28 heavy (non-hydrogen) atoms. The van der Waals surface area contributed by atoms with Crippen molar-refractivity contribution in [2.75, 3.05) is 19.6 Å². The van der Waals surface area contributed by atoms with Crippen molar-refractivity contribution in [2.24, 2.45) is 5.41 Å². The molecule has 4 heteroatoms. The van der Waals surface area contributed by atoms with E-state index in [-0.39, 0.29) is 5.82 Å². The van der Waals surface area contributed by atoms with E-state index >= 15 is 0 Å². The standard InChI is InChI=1S/C24H30FN3/c25-22-16-26-13-8-20(22)17-27-14-9-21(10-15-27)28-18-24(11-4-5-12-24)23(28)19-6-2-1-3-7-19/h1-3,6-8,13,16,21,23H,4-5,9-12,14-15,17-18H2. The maximum absolute atomic E-state index is 13.9. The molecule has 148 valence electrons. The van der Waals surface area contributed by atoms with Crippen LogP contribution in [0, 0.1) is 11.2 Å². The molecular weight excluding hydrogens is 349 g/mol. The molecule has 3 nitrogen and oxygen atoms in total. The highest BCUT2D eigenvalue weighted by Crippen LogP contribution is 2.59. The van der Waals surface area contributed by atoms with Crippen LogP contribution in [0.3, 0.4) is 0 Å². The van der Waals surface area contributed by atoms with E-state index in [0.29, 0.717) is 24.0 Å². The van der Waals surface area contributed by atoms with Crippen LogP contribution in [0.5, 0.6) is 0 Å². The average Bonchev–Trinajstić information content (AvgIpc) is 3.21. The van der Waals surface area contributed by atoms with Crippen LogP contribution >= 0.6 is 0 Å². The number of nitrogens with zero attached hydrogens (tertiary/aromatic N) is 3. The van der Waals surface area contributed by atoms with E-state index in [2.05, 4.69) is 45.1 Å². The lowest BCUT2D eigenvalue weighted by Crippen LogP contribution is -2.62. The van der Waals surface area contributed by atoms with Crippen LogP contribution in [-0.4, -0.2) is 40.5 Å². The first-order valence-corrected chi connectivity index (χ1v) is 10.9. The van der Waals surface area contributed by atoms with Gasteiger partial charge in [-0.2, -0.15) is 0 Å². The van der Waals surface area contributed by atoms with Gasteiger partial charge in [-0.1, -0.05) is 43.2 Å². The summed E-state index contributed by atoms with van der Waals surface area (Å²) in [6.45, 7) is 4.08. The Kier molecular flexibility index (Phi) is 4.93. The fourth-order valence-electron chi connectivity index (χ4n) is 5.99. The lowest BCUT2D eigenvalue weighted by Gasteiger charge is -2.60. The molecule has 2 saturated heterocycles. The number of piperidine rings is 1. The molecule has 1 atom stereocenters. The molecular formula is C24H30FN3. The van der Waals surface area contributed by atoms with Crippen LogP contribution in [0.2, 0.25) is 0 Å². The first-order chi connectivity index (χ1) is 13.8. The minimum absolute atomic E-state index is 0.181. The van der Waals surface area contributed by atoms with Crippen LogP contribution in [-0.2, 0) is 6.54 Å². The number of hydrogen-bond acceptors (Lipinski definition) is 3. The highest BCUT2D eigenvalue weighted by atomic mass is 19.1. The van der Waals surface area contributed by atoms with Crippen molar-refractivity contribution in [2.45, 2.75) is 57.2 Å². The number of pyridine rings is 1. The molecule has 2 aliphatic heterocycles. The molecule has 1 aromatic heterocycles. The highest BCUT2D eigenvalue weighted by Gasteiger charge is 2.55. The summed E-state index contributed by atoms with van der Waals surface area (Å²) >= 11 is 0. The summed E-state index contributed by atoms with van der Waals surface area (Å²) in [4.78, 5) is 9.06. The van der Waals surface area contributed by atoms with Gasteiger partial charge in [0, 0.05) is 42.3 Å². The summed E-state index contributed by atoms with van der Waals surface area (Å²) in [6.07, 6.45) is 11.0. The second-order valence-corrected chi connectivity index (χ2v) is 9.03. The van der Waals surface area contributed by atoms with Gasteiger partial charge in [-0.15, -0.1) is 0 Å². The molecule has 3 aliphatic rings. The largest absolute Gasteiger partial charge is 0.299 e. The van der Waals surface area contributed by atoms with Crippen LogP contribution in [0.25, 0.3) is 0 Å². The Hall–Kier alpha value is -1.78. The fraction of sp³-hybridized carbons (Fsp3) is 0.542. The zero-order valence-electron chi connectivity index (χ0n) is 16.6. The van der Waals surface area contributed by atoms with Crippen LogP contribution in [0.4, 0.5) is 4.39 Å². The van der Waals surface area contributed by atoms with Crippen molar-refractivity contribution < 1.29 is 4.39 Å². The molecule has 1 aromatic carbocycles. The summed E-state index contributed by atoms with van der Waals surface area (Å²) in [5, 5.41) is 0. The number of aromatic nitrogens is 1. The third kappa shape index (κ3) is 3.27. The van der Waals surface area contributed by atoms with Gasteiger partial charge in [0.15, 0.2) is 0 Å². The Bertz CT molecular complexity index is 795.